The Morgan fingerprint density at radius 2 is 1.35 bits per heavy atom. The quantitative estimate of drug-likeness (QED) is 0.143. The lowest BCUT2D eigenvalue weighted by Crippen LogP contribution is -2.45. The lowest BCUT2D eigenvalue weighted by Gasteiger charge is -2.27. The van der Waals surface area contributed by atoms with Gasteiger partial charge in [0.25, 0.3) is 0 Å². The summed E-state index contributed by atoms with van der Waals surface area (Å²) in [6.45, 7) is 5.18. The molecule has 0 bridgehead atoms. The van der Waals surface area contributed by atoms with Crippen LogP contribution in [-0.2, 0) is 23.9 Å². The maximum Gasteiger partial charge on any atom is 0.330 e. The highest BCUT2D eigenvalue weighted by atomic mass is 16.5. The van der Waals surface area contributed by atoms with Gasteiger partial charge in [-0.1, -0.05) is 84.5 Å². The number of carbonyl (C=O) groups is 3. The number of ether oxygens (including phenoxy) is 2. The standard InChI is InChI=1S/C28H47NO5/c1-3-5-7-9-11-13-20-33-27(31)19-18-26(30)29-24-17-15-16-23(24)22-25(29)28(32)34-21-14-12-10-8-6-4-2/h18-19,23-25H,3-17,20-22H2,1-2H3/b19-18-/t23-,24-,25-/m0/s1. The van der Waals surface area contributed by atoms with Gasteiger partial charge < -0.3 is 14.4 Å². The highest BCUT2D eigenvalue weighted by Gasteiger charge is 2.48. The fourth-order valence-corrected chi connectivity index (χ4v) is 5.30. The fourth-order valence-electron chi connectivity index (χ4n) is 5.30. The van der Waals surface area contributed by atoms with Gasteiger partial charge in [-0.25, -0.2) is 9.59 Å². The van der Waals surface area contributed by atoms with Gasteiger partial charge in [-0.15, -0.1) is 0 Å². The molecule has 1 heterocycles. The molecule has 1 aliphatic carbocycles. The van der Waals surface area contributed by atoms with Crippen LogP contribution in [0.3, 0.4) is 0 Å². The van der Waals surface area contributed by atoms with Crippen LogP contribution < -0.4 is 0 Å². The van der Waals surface area contributed by atoms with Gasteiger partial charge in [0.1, 0.15) is 6.04 Å². The highest BCUT2D eigenvalue weighted by Crippen LogP contribution is 2.41. The SMILES string of the molecule is CCCCCCCCOC(=O)/C=C\C(=O)N1[C@H](C(=O)OCCCCCCCC)C[C@@H]2CCC[C@@H]21. The van der Waals surface area contributed by atoms with Crippen LogP contribution in [0.15, 0.2) is 12.2 Å². The third-order valence-electron chi connectivity index (χ3n) is 7.21. The molecule has 0 aromatic rings. The summed E-state index contributed by atoms with van der Waals surface area (Å²) in [5.41, 5.74) is 0. The largest absolute Gasteiger partial charge is 0.464 e. The number of fused-ring (bicyclic) bond motifs is 1. The van der Waals surface area contributed by atoms with E-state index in [0.717, 1.165) is 51.4 Å². The van der Waals surface area contributed by atoms with Gasteiger partial charge in [-0.05, 0) is 38.0 Å². The van der Waals surface area contributed by atoms with Gasteiger partial charge >= 0.3 is 11.9 Å². The second-order valence-corrected chi connectivity index (χ2v) is 9.96. The lowest BCUT2D eigenvalue weighted by molar-refractivity contribution is -0.153. The molecule has 1 amide bonds. The van der Waals surface area contributed by atoms with Crippen molar-refractivity contribution in [3.63, 3.8) is 0 Å². The van der Waals surface area contributed by atoms with E-state index in [1.807, 2.05) is 0 Å². The third kappa shape index (κ3) is 9.79. The number of rotatable bonds is 17. The molecule has 194 valence electrons. The van der Waals surface area contributed by atoms with E-state index >= 15 is 0 Å². The molecule has 34 heavy (non-hydrogen) atoms. The molecule has 1 saturated heterocycles. The zero-order valence-corrected chi connectivity index (χ0v) is 21.6. The van der Waals surface area contributed by atoms with Crippen molar-refractivity contribution in [3.05, 3.63) is 12.2 Å². The number of esters is 2. The summed E-state index contributed by atoms with van der Waals surface area (Å²) in [7, 11) is 0. The molecule has 0 unspecified atom stereocenters. The molecular weight excluding hydrogens is 430 g/mol. The Morgan fingerprint density at radius 1 is 0.765 bits per heavy atom. The number of hydrogen-bond acceptors (Lipinski definition) is 5. The van der Waals surface area contributed by atoms with Gasteiger partial charge in [0.15, 0.2) is 0 Å². The number of unbranched alkanes of at least 4 members (excludes halogenated alkanes) is 10. The predicted molar refractivity (Wildman–Crippen MR) is 134 cm³/mol. The molecule has 0 N–H and O–H groups in total. The molecule has 0 aromatic carbocycles. The second kappa shape index (κ2) is 16.7. The van der Waals surface area contributed by atoms with Crippen molar-refractivity contribution in [1.82, 2.24) is 4.90 Å². The molecule has 1 saturated carbocycles. The minimum absolute atomic E-state index is 0.0721. The van der Waals surface area contributed by atoms with E-state index < -0.39 is 12.0 Å². The van der Waals surface area contributed by atoms with Crippen LogP contribution in [0.1, 0.15) is 117 Å². The maximum absolute atomic E-state index is 13.0. The van der Waals surface area contributed by atoms with E-state index in [1.54, 1.807) is 4.90 Å². The number of nitrogens with zero attached hydrogens (tertiary/aromatic N) is 1. The molecule has 6 nitrogen and oxygen atoms in total. The van der Waals surface area contributed by atoms with Crippen molar-refractivity contribution in [2.75, 3.05) is 13.2 Å². The zero-order valence-electron chi connectivity index (χ0n) is 21.6. The first-order chi connectivity index (χ1) is 16.6. The number of carbonyl (C=O) groups excluding carboxylic acids is 3. The Hall–Kier alpha value is -1.85. The number of amides is 1. The molecular formula is C28H47NO5. The van der Waals surface area contributed by atoms with Gasteiger partial charge in [-0.3, -0.25) is 4.79 Å². The first-order valence-electron chi connectivity index (χ1n) is 13.9. The van der Waals surface area contributed by atoms with Crippen molar-refractivity contribution in [3.8, 4) is 0 Å². The van der Waals surface area contributed by atoms with Crippen LogP contribution >= 0.6 is 0 Å². The molecule has 0 radical (unpaired) electrons. The summed E-state index contributed by atoms with van der Waals surface area (Å²) in [6, 6.07) is -0.463. The molecule has 2 fully saturated rings. The van der Waals surface area contributed by atoms with E-state index in [4.69, 9.17) is 9.47 Å². The summed E-state index contributed by atoms with van der Waals surface area (Å²) in [5, 5.41) is 0. The van der Waals surface area contributed by atoms with Crippen LogP contribution in [-0.4, -0.2) is 48.0 Å². The average molecular weight is 478 g/mol. The van der Waals surface area contributed by atoms with Crippen LogP contribution in [0.25, 0.3) is 0 Å². The van der Waals surface area contributed by atoms with E-state index in [2.05, 4.69) is 13.8 Å². The van der Waals surface area contributed by atoms with Gasteiger partial charge in [-0.2, -0.15) is 0 Å². The monoisotopic (exact) mass is 477 g/mol. The van der Waals surface area contributed by atoms with Gasteiger partial charge in [0.2, 0.25) is 5.91 Å². The minimum atomic E-state index is -0.535. The fraction of sp³-hybridized carbons (Fsp3) is 0.821. The van der Waals surface area contributed by atoms with Gasteiger partial charge in [0, 0.05) is 18.2 Å². The maximum atomic E-state index is 13.0. The second-order valence-electron chi connectivity index (χ2n) is 9.96. The van der Waals surface area contributed by atoms with Crippen LogP contribution in [0, 0.1) is 5.92 Å². The first kappa shape index (κ1) is 28.4. The molecule has 2 aliphatic rings. The van der Waals surface area contributed by atoms with Crippen molar-refractivity contribution in [2.45, 2.75) is 129 Å². The average Bonchev–Trinajstić information content (AvgIpc) is 3.43. The topological polar surface area (TPSA) is 72.9 Å². The molecule has 2 rings (SSSR count). The minimum Gasteiger partial charge on any atom is -0.464 e. The van der Waals surface area contributed by atoms with E-state index in [1.165, 1.54) is 57.1 Å². The Morgan fingerprint density at radius 3 is 2.00 bits per heavy atom. The molecule has 1 aliphatic heterocycles. The Bertz CT molecular complexity index is 647. The number of hydrogen-bond donors (Lipinski definition) is 0. The van der Waals surface area contributed by atoms with E-state index in [9.17, 15) is 14.4 Å². The normalized spacial score (nSPS) is 21.7. The Balaban J connectivity index is 1.76. The lowest BCUT2D eigenvalue weighted by atomic mass is 10.0. The van der Waals surface area contributed by atoms with Crippen molar-refractivity contribution >= 4 is 17.8 Å². The summed E-state index contributed by atoms with van der Waals surface area (Å²) in [5.74, 6) is -0.724. The summed E-state index contributed by atoms with van der Waals surface area (Å²) in [6.07, 6.45) is 19.7. The van der Waals surface area contributed by atoms with Gasteiger partial charge in [0.05, 0.1) is 13.2 Å². The smallest absolute Gasteiger partial charge is 0.330 e. The summed E-state index contributed by atoms with van der Waals surface area (Å²) >= 11 is 0. The van der Waals surface area contributed by atoms with Crippen LogP contribution in [0.4, 0.5) is 0 Å². The van der Waals surface area contributed by atoms with Crippen molar-refractivity contribution in [2.24, 2.45) is 5.92 Å². The Labute approximate surface area is 206 Å². The highest BCUT2D eigenvalue weighted by molar-refractivity contribution is 5.97. The molecule has 0 spiro atoms. The summed E-state index contributed by atoms with van der Waals surface area (Å²) in [4.78, 5) is 39.5. The molecule has 0 aromatic heterocycles. The number of likely N-dealkylation sites (tertiary alicyclic amines) is 1. The Kier molecular flexibility index (Phi) is 14.0. The van der Waals surface area contributed by atoms with Crippen LogP contribution in [0.5, 0.6) is 0 Å². The zero-order chi connectivity index (χ0) is 24.6. The first-order valence-corrected chi connectivity index (χ1v) is 13.9. The molecule has 6 heteroatoms. The summed E-state index contributed by atoms with van der Waals surface area (Å²) < 4.78 is 10.8. The predicted octanol–water partition coefficient (Wildman–Crippen LogP) is 6.12. The molecule has 3 atom stereocenters. The van der Waals surface area contributed by atoms with E-state index in [-0.39, 0.29) is 17.9 Å². The van der Waals surface area contributed by atoms with Crippen LogP contribution in [0.2, 0.25) is 0 Å². The van der Waals surface area contributed by atoms with Crippen molar-refractivity contribution in [1.29, 1.82) is 0 Å². The van der Waals surface area contributed by atoms with E-state index in [0.29, 0.717) is 25.6 Å². The van der Waals surface area contributed by atoms with Crippen molar-refractivity contribution < 1.29 is 23.9 Å². The third-order valence-corrected chi connectivity index (χ3v) is 7.21.